The van der Waals surface area contributed by atoms with E-state index in [9.17, 15) is 0 Å². The minimum atomic E-state index is 0.194. The molecule has 1 fully saturated rings. The Balaban J connectivity index is 0.000000145. The summed E-state index contributed by atoms with van der Waals surface area (Å²) in [5, 5.41) is 0.194. The van der Waals surface area contributed by atoms with Crippen LogP contribution in [0.1, 0.15) is 12.8 Å². The fourth-order valence-electron chi connectivity index (χ4n) is 0.510. The maximum Gasteiger partial charge on any atom is 0.0967 e. The molecule has 1 heterocycles. The zero-order chi connectivity index (χ0) is 6.24. The fourth-order valence-corrected chi connectivity index (χ4v) is 0.510. The largest absolute Gasteiger partial charge is 0.381 e. The van der Waals surface area contributed by atoms with Crippen LogP contribution < -0.4 is 0 Å². The topological polar surface area (TPSA) is 9.23 Å². The van der Waals surface area contributed by atoms with Crippen LogP contribution in [0.3, 0.4) is 0 Å². The second kappa shape index (κ2) is 7.54. The number of rotatable bonds is 0. The lowest BCUT2D eigenvalue weighted by Crippen LogP contribution is -1.74. The molecular formula is C5H10Cl2O. The Morgan fingerprint density at radius 2 is 1.50 bits per heavy atom. The fraction of sp³-hybridized carbons (Fsp3) is 1.00. The van der Waals surface area contributed by atoms with Gasteiger partial charge in [-0.3, -0.25) is 0 Å². The maximum absolute atomic E-state index is 4.94. The number of alkyl halides is 2. The van der Waals surface area contributed by atoms with Crippen LogP contribution in [0.4, 0.5) is 0 Å². The van der Waals surface area contributed by atoms with E-state index >= 15 is 0 Å². The van der Waals surface area contributed by atoms with Gasteiger partial charge in [0.25, 0.3) is 0 Å². The maximum atomic E-state index is 4.94. The Labute approximate surface area is 59.9 Å². The predicted octanol–water partition coefficient (Wildman–Crippen LogP) is 2.22. The van der Waals surface area contributed by atoms with Gasteiger partial charge in [-0.1, -0.05) is 0 Å². The molecule has 50 valence electrons. The predicted molar refractivity (Wildman–Crippen MR) is 36.6 cm³/mol. The Morgan fingerprint density at radius 1 is 1.12 bits per heavy atom. The molecule has 0 aromatic rings. The van der Waals surface area contributed by atoms with Crippen molar-refractivity contribution in [1.29, 1.82) is 0 Å². The molecule has 0 radical (unpaired) electrons. The van der Waals surface area contributed by atoms with Gasteiger partial charge in [-0.25, -0.2) is 0 Å². The molecular weight excluding hydrogens is 147 g/mol. The van der Waals surface area contributed by atoms with Gasteiger partial charge in [0.15, 0.2) is 0 Å². The van der Waals surface area contributed by atoms with Crippen molar-refractivity contribution in [2.24, 2.45) is 0 Å². The lowest BCUT2D eigenvalue weighted by atomic mass is 10.4. The van der Waals surface area contributed by atoms with Crippen LogP contribution in [0.2, 0.25) is 0 Å². The van der Waals surface area contributed by atoms with Crippen molar-refractivity contribution >= 4 is 23.2 Å². The average molecular weight is 157 g/mol. The minimum Gasteiger partial charge on any atom is -0.381 e. The molecule has 0 amide bonds. The van der Waals surface area contributed by atoms with E-state index in [1.807, 2.05) is 0 Å². The molecule has 3 heteroatoms. The Morgan fingerprint density at radius 3 is 1.62 bits per heavy atom. The van der Waals surface area contributed by atoms with Gasteiger partial charge in [0, 0.05) is 13.2 Å². The third kappa shape index (κ3) is 6.54. The first-order valence-corrected chi connectivity index (χ1v) is 3.68. The summed E-state index contributed by atoms with van der Waals surface area (Å²) >= 11 is 9.53. The van der Waals surface area contributed by atoms with Crippen LogP contribution in [0, 0.1) is 0 Å². The van der Waals surface area contributed by atoms with Gasteiger partial charge in [-0.2, -0.15) is 0 Å². The van der Waals surface area contributed by atoms with E-state index in [0.717, 1.165) is 13.2 Å². The monoisotopic (exact) mass is 156 g/mol. The van der Waals surface area contributed by atoms with Crippen LogP contribution in [0.5, 0.6) is 0 Å². The van der Waals surface area contributed by atoms with Gasteiger partial charge < -0.3 is 4.74 Å². The van der Waals surface area contributed by atoms with Crippen LogP contribution in [0.25, 0.3) is 0 Å². The third-order valence-corrected chi connectivity index (χ3v) is 0.827. The summed E-state index contributed by atoms with van der Waals surface area (Å²) in [6.45, 7) is 2.00. The van der Waals surface area contributed by atoms with Gasteiger partial charge >= 0.3 is 0 Å². The molecule has 1 aliphatic heterocycles. The molecule has 0 spiro atoms. The van der Waals surface area contributed by atoms with Gasteiger partial charge in [-0.15, -0.1) is 23.2 Å². The zero-order valence-electron chi connectivity index (χ0n) is 4.70. The second-order valence-corrected chi connectivity index (χ2v) is 2.23. The Hall–Kier alpha value is 0.540. The van der Waals surface area contributed by atoms with Crippen molar-refractivity contribution in [3.05, 3.63) is 0 Å². The van der Waals surface area contributed by atoms with Crippen LogP contribution >= 0.6 is 23.2 Å². The van der Waals surface area contributed by atoms with E-state index in [1.54, 1.807) is 0 Å². The first-order valence-electron chi connectivity index (χ1n) is 2.61. The summed E-state index contributed by atoms with van der Waals surface area (Å²) in [6.07, 6.45) is 2.56. The molecule has 0 aromatic heterocycles. The van der Waals surface area contributed by atoms with Crippen molar-refractivity contribution in [2.75, 3.05) is 18.6 Å². The molecule has 0 bridgehead atoms. The highest BCUT2D eigenvalue weighted by atomic mass is 35.5. The van der Waals surface area contributed by atoms with Crippen LogP contribution in [0.15, 0.2) is 0 Å². The third-order valence-electron chi connectivity index (χ3n) is 0.827. The van der Waals surface area contributed by atoms with Gasteiger partial charge in [0.1, 0.15) is 0 Å². The molecule has 0 aliphatic carbocycles. The molecule has 8 heavy (non-hydrogen) atoms. The number of hydrogen-bond acceptors (Lipinski definition) is 1. The van der Waals surface area contributed by atoms with Gasteiger partial charge in [0.2, 0.25) is 0 Å². The van der Waals surface area contributed by atoms with Gasteiger partial charge in [-0.05, 0) is 12.8 Å². The van der Waals surface area contributed by atoms with E-state index < -0.39 is 0 Å². The summed E-state index contributed by atoms with van der Waals surface area (Å²) < 4.78 is 4.94. The molecule has 0 atom stereocenters. The zero-order valence-corrected chi connectivity index (χ0v) is 6.21. The Bertz CT molecular complexity index is 29.8. The van der Waals surface area contributed by atoms with E-state index in [2.05, 4.69) is 0 Å². The summed E-state index contributed by atoms with van der Waals surface area (Å²) in [5.74, 6) is 0. The van der Waals surface area contributed by atoms with E-state index in [1.165, 1.54) is 12.8 Å². The summed E-state index contributed by atoms with van der Waals surface area (Å²) in [6, 6.07) is 0. The first-order chi connectivity index (χ1) is 3.91. The molecule has 1 nitrogen and oxygen atoms in total. The minimum absolute atomic E-state index is 0.194. The van der Waals surface area contributed by atoms with Crippen LogP contribution in [-0.4, -0.2) is 18.6 Å². The molecule has 0 unspecified atom stereocenters. The summed E-state index contributed by atoms with van der Waals surface area (Å²) in [7, 11) is 0. The lowest BCUT2D eigenvalue weighted by molar-refractivity contribution is 0.198. The summed E-state index contributed by atoms with van der Waals surface area (Å²) in [4.78, 5) is 0. The normalized spacial score (nSPS) is 17.2. The van der Waals surface area contributed by atoms with Crippen molar-refractivity contribution in [2.45, 2.75) is 12.8 Å². The van der Waals surface area contributed by atoms with Crippen molar-refractivity contribution < 1.29 is 4.74 Å². The second-order valence-electron chi connectivity index (χ2n) is 1.42. The number of hydrogen-bond donors (Lipinski definition) is 0. The highest BCUT2D eigenvalue weighted by molar-refractivity contribution is 6.40. The first kappa shape index (κ1) is 8.54. The number of halogens is 2. The SMILES string of the molecule is C1CCOC1.ClCCl. The van der Waals surface area contributed by atoms with E-state index in [0.29, 0.717) is 0 Å². The smallest absolute Gasteiger partial charge is 0.0967 e. The Kier molecular flexibility index (Phi) is 8.05. The van der Waals surface area contributed by atoms with Gasteiger partial charge in [0.05, 0.1) is 5.34 Å². The van der Waals surface area contributed by atoms with Crippen molar-refractivity contribution in [3.8, 4) is 0 Å². The van der Waals surface area contributed by atoms with Crippen molar-refractivity contribution in [1.82, 2.24) is 0 Å². The molecule has 1 rings (SSSR count). The van der Waals surface area contributed by atoms with E-state index in [4.69, 9.17) is 27.9 Å². The molecule has 0 aromatic carbocycles. The molecule has 0 saturated carbocycles. The quantitative estimate of drug-likeness (QED) is 0.490. The van der Waals surface area contributed by atoms with Crippen molar-refractivity contribution in [3.63, 3.8) is 0 Å². The molecule has 1 saturated heterocycles. The van der Waals surface area contributed by atoms with Crippen LogP contribution in [-0.2, 0) is 4.74 Å². The highest BCUT2D eigenvalue weighted by Crippen LogP contribution is 1.98. The molecule has 1 aliphatic rings. The molecule has 0 N–H and O–H groups in total. The van der Waals surface area contributed by atoms with E-state index in [-0.39, 0.29) is 5.34 Å². The lowest BCUT2D eigenvalue weighted by Gasteiger charge is -1.76. The summed E-state index contributed by atoms with van der Waals surface area (Å²) in [5.41, 5.74) is 0. The average Bonchev–Trinajstić information content (AvgIpc) is 2.17. The standard InChI is InChI=1S/C4H8O.CH2Cl2/c1-2-4-5-3-1;2-1-3/h1-4H2;1H2. The highest BCUT2D eigenvalue weighted by Gasteiger charge is 1.94. The number of ether oxygens (including phenoxy) is 1.